The van der Waals surface area contributed by atoms with Gasteiger partial charge in [-0.3, -0.25) is 9.36 Å². The fourth-order valence-corrected chi connectivity index (χ4v) is 1.70. The van der Waals surface area contributed by atoms with Crippen LogP contribution < -0.4 is 10.6 Å². The predicted molar refractivity (Wildman–Crippen MR) is 88.9 cm³/mol. The second kappa shape index (κ2) is 9.39. The maximum atomic E-state index is 12.1. The molecule has 2 N–H and O–H groups in total. The highest BCUT2D eigenvalue weighted by molar-refractivity contribution is 5.93. The van der Waals surface area contributed by atoms with E-state index in [1.807, 2.05) is 44.3 Å². The average Bonchev–Trinajstić information content (AvgIpc) is 2.94. The summed E-state index contributed by atoms with van der Waals surface area (Å²) in [6.07, 6.45) is 3.22. The van der Waals surface area contributed by atoms with Gasteiger partial charge in [-0.05, 0) is 26.1 Å². The van der Waals surface area contributed by atoms with Gasteiger partial charge in [0.05, 0.1) is 12.5 Å². The van der Waals surface area contributed by atoms with Gasteiger partial charge in [-0.15, -0.1) is 24.8 Å². The molecule has 0 bridgehead atoms. The van der Waals surface area contributed by atoms with Gasteiger partial charge in [0.2, 0.25) is 0 Å². The van der Waals surface area contributed by atoms with Gasteiger partial charge in [-0.2, -0.15) is 0 Å². The summed E-state index contributed by atoms with van der Waals surface area (Å²) in [6, 6.07) is 9.91. The van der Waals surface area contributed by atoms with Crippen LogP contribution in [0.4, 0.5) is 0 Å². The molecule has 116 valence electrons. The number of carbonyl (C=O) groups excluding carboxylic acids is 1. The fraction of sp³-hybridized carbons (Fsp3) is 0.286. The molecule has 0 aliphatic heterocycles. The molecule has 0 saturated carbocycles. The molecule has 2 aromatic rings. The molecule has 1 heterocycles. The second-order valence-electron chi connectivity index (χ2n) is 4.38. The molecule has 1 unspecified atom stereocenters. The number of hydrogen-bond donors (Lipinski definition) is 2. The third kappa shape index (κ3) is 5.04. The molecule has 0 saturated heterocycles. The third-order valence-electron chi connectivity index (χ3n) is 2.97. The largest absolute Gasteiger partial charge is 0.349 e. The Morgan fingerprint density at radius 3 is 2.57 bits per heavy atom. The molecule has 1 amide bonds. The Morgan fingerprint density at radius 2 is 1.95 bits per heavy atom. The van der Waals surface area contributed by atoms with E-state index in [1.54, 1.807) is 17.1 Å². The van der Waals surface area contributed by atoms with Crippen LogP contribution >= 0.6 is 24.8 Å². The van der Waals surface area contributed by atoms with Gasteiger partial charge in [-0.25, -0.2) is 4.98 Å². The maximum Gasteiger partial charge on any atom is 0.269 e. The van der Waals surface area contributed by atoms with Crippen LogP contribution in [0.15, 0.2) is 42.9 Å². The summed E-state index contributed by atoms with van der Waals surface area (Å²) in [5.41, 5.74) is 1.46. The first-order valence-electron chi connectivity index (χ1n) is 6.25. The van der Waals surface area contributed by atoms with Crippen molar-refractivity contribution in [3.63, 3.8) is 0 Å². The molecule has 0 radical (unpaired) electrons. The Balaban J connectivity index is 0.00000200. The summed E-state index contributed by atoms with van der Waals surface area (Å²) in [6.45, 7) is 2.59. The van der Waals surface area contributed by atoms with Gasteiger partial charge >= 0.3 is 0 Å². The Labute approximate surface area is 137 Å². The lowest BCUT2D eigenvalue weighted by molar-refractivity contribution is 0.0943. The number of nitrogens with zero attached hydrogens (tertiary/aromatic N) is 2. The van der Waals surface area contributed by atoms with E-state index in [4.69, 9.17) is 0 Å². The first-order valence-corrected chi connectivity index (χ1v) is 6.25. The van der Waals surface area contributed by atoms with Crippen LogP contribution in [0.5, 0.6) is 0 Å². The molecule has 1 aromatic heterocycles. The van der Waals surface area contributed by atoms with Crippen LogP contribution in [0.2, 0.25) is 0 Å². The number of rotatable bonds is 5. The zero-order valence-corrected chi connectivity index (χ0v) is 13.6. The molecule has 2 rings (SSSR count). The van der Waals surface area contributed by atoms with Crippen LogP contribution in [-0.2, 0) is 0 Å². The van der Waals surface area contributed by atoms with E-state index in [-0.39, 0.29) is 36.8 Å². The van der Waals surface area contributed by atoms with E-state index in [1.165, 1.54) is 0 Å². The van der Waals surface area contributed by atoms with E-state index in [0.717, 1.165) is 5.69 Å². The summed E-state index contributed by atoms with van der Waals surface area (Å²) in [5, 5.41) is 5.96. The molecular formula is C14H20Cl2N4O. The molecule has 0 fully saturated rings. The SMILES string of the molecule is CNC(C)CNC(=O)c1cncn1-c1ccccc1.Cl.Cl. The molecule has 7 heteroatoms. The number of nitrogens with one attached hydrogen (secondary N) is 2. The minimum Gasteiger partial charge on any atom is -0.349 e. The van der Waals surface area contributed by atoms with Gasteiger partial charge in [0, 0.05) is 18.3 Å². The standard InChI is InChI=1S/C14H18N4O.2ClH/c1-11(15-2)8-17-14(19)13-9-16-10-18(13)12-6-4-3-5-7-12;;/h3-7,9-11,15H,8H2,1-2H3,(H,17,19);2*1H. The number of benzene rings is 1. The van der Waals surface area contributed by atoms with Gasteiger partial charge in [-0.1, -0.05) is 18.2 Å². The highest BCUT2D eigenvalue weighted by atomic mass is 35.5. The van der Waals surface area contributed by atoms with Crippen molar-refractivity contribution in [2.45, 2.75) is 13.0 Å². The number of para-hydroxylation sites is 1. The lowest BCUT2D eigenvalue weighted by atomic mass is 10.3. The van der Waals surface area contributed by atoms with Gasteiger partial charge in [0.25, 0.3) is 5.91 Å². The number of hydrogen-bond acceptors (Lipinski definition) is 3. The number of amides is 1. The molecule has 0 spiro atoms. The molecule has 0 aliphatic carbocycles. The molecule has 0 aliphatic rings. The molecule has 21 heavy (non-hydrogen) atoms. The van der Waals surface area contributed by atoms with E-state index >= 15 is 0 Å². The fourth-order valence-electron chi connectivity index (χ4n) is 1.70. The van der Waals surface area contributed by atoms with Crippen molar-refractivity contribution in [2.75, 3.05) is 13.6 Å². The van der Waals surface area contributed by atoms with Crippen molar-refractivity contribution in [1.29, 1.82) is 0 Å². The Hall–Kier alpha value is -1.56. The topological polar surface area (TPSA) is 58.9 Å². The normalized spacial score (nSPS) is 11.0. The Morgan fingerprint density at radius 1 is 1.29 bits per heavy atom. The summed E-state index contributed by atoms with van der Waals surface area (Å²) in [4.78, 5) is 16.2. The lowest BCUT2D eigenvalue weighted by Gasteiger charge is -2.12. The molecule has 1 atom stereocenters. The summed E-state index contributed by atoms with van der Waals surface area (Å²) >= 11 is 0. The monoisotopic (exact) mass is 330 g/mol. The van der Waals surface area contributed by atoms with Crippen molar-refractivity contribution in [3.05, 3.63) is 48.5 Å². The number of halogens is 2. The third-order valence-corrected chi connectivity index (χ3v) is 2.97. The minimum atomic E-state index is -0.122. The van der Waals surface area contributed by atoms with Crippen LogP contribution in [0.3, 0.4) is 0 Å². The number of carbonyl (C=O) groups is 1. The quantitative estimate of drug-likeness (QED) is 0.882. The van der Waals surface area contributed by atoms with E-state index in [9.17, 15) is 4.79 Å². The van der Waals surface area contributed by atoms with Gasteiger partial charge in [0.1, 0.15) is 5.69 Å². The first kappa shape index (κ1) is 19.4. The average molecular weight is 331 g/mol. The molecular weight excluding hydrogens is 311 g/mol. The Bertz CT molecular complexity index is 545. The summed E-state index contributed by atoms with van der Waals surface area (Å²) in [5.74, 6) is -0.122. The van der Waals surface area contributed by atoms with Gasteiger partial charge in [0.15, 0.2) is 0 Å². The summed E-state index contributed by atoms with van der Waals surface area (Å²) < 4.78 is 1.78. The number of likely N-dealkylation sites (N-methyl/N-ethyl adjacent to an activating group) is 1. The first-order chi connectivity index (χ1) is 9.22. The van der Waals surface area contributed by atoms with Crippen molar-refractivity contribution < 1.29 is 4.79 Å². The molecule has 1 aromatic carbocycles. The molecule has 5 nitrogen and oxygen atoms in total. The smallest absolute Gasteiger partial charge is 0.269 e. The van der Waals surface area contributed by atoms with Crippen LogP contribution in [-0.4, -0.2) is 35.1 Å². The minimum absolute atomic E-state index is 0. The maximum absolute atomic E-state index is 12.1. The predicted octanol–water partition coefficient (Wildman–Crippen LogP) is 2.05. The highest BCUT2D eigenvalue weighted by Gasteiger charge is 2.13. The van der Waals surface area contributed by atoms with Crippen LogP contribution in [0, 0.1) is 0 Å². The zero-order valence-electron chi connectivity index (χ0n) is 11.9. The van der Waals surface area contributed by atoms with E-state index in [0.29, 0.717) is 12.2 Å². The lowest BCUT2D eigenvalue weighted by Crippen LogP contribution is -2.37. The van der Waals surface area contributed by atoms with Gasteiger partial charge < -0.3 is 10.6 Å². The highest BCUT2D eigenvalue weighted by Crippen LogP contribution is 2.10. The number of imidazole rings is 1. The summed E-state index contributed by atoms with van der Waals surface area (Å²) in [7, 11) is 1.87. The van der Waals surface area contributed by atoms with Crippen LogP contribution in [0.25, 0.3) is 5.69 Å². The van der Waals surface area contributed by atoms with Crippen molar-refractivity contribution in [3.8, 4) is 5.69 Å². The van der Waals surface area contributed by atoms with E-state index < -0.39 is 0 Å². The Kier molecular flexibility index (Phi) is 8.69. The van der Waals surface area contributed by atoms with Crippen molar-refractivity contribution >= 4 is 30.7 Å². The zero-order chi connectivity index (χ0) is 13.7. The number of aromatic nitrogens is 2. The van der Waals surface area contributed by atoms with Crippen LogP contribution in [0.1, 0.15) is 17.4 Å². The van der Waals surface area contributed by atoms with E-state index in [2.05, 4.69) is 15.6 Å². The van der Waals surface area contributed by atoms with Crippen molar-refractivity contribution in [2.24, 2.45) is 0 Å². The second-order valence-corrected chi connectivity index (χ2v) is 4.38. The van der Waals surface area contributed by atoms with Crippen molar-refractivity contribution in [1.82, 2.24) is 20.2 Å².